The van der Waals surface area contributed by atoms with Crippen molar-refractivity contribution in [2.24, 2.45) is 20.0 Å². The highest BCUT2D eigenvalue weighted by Crippen LogP contribution is 2.29. The Balaban J connectivity index is 1.63. The van der Waals surface area contributed by atoms with E-state index >= 15 is 0 Å². The number of aryl methyl sites for hydroxylation is 1. The highest BCUT2D eigenvalue weighted by Gasteiger charge is 2.33. The molecule has 11 heteroatoms. The van der Waals surface area contributed by atoms with E-state index in [1.807, 2.05) is 9.80 Å². The fraction of sp³-hybridized carbons (Fsp3) is 0.500. The highest BCUT2D eigenvalue weighted by atomic mass is 35.5. The number of piperidine rings is 1. The highest BCUT2D eigenvalue weighted by molar-refractivity contribution is 6.31. The molecule has 1 aromatic carbocycles. The molecular weight excluding hydrogens is 475 g/mol. The van der Waals surface area contributed by atoms with E-state index in [1.54, 1.807) is 17.7 Å². The summed E-state index contributed by atoms with van der Waals surface area (Å²) in [7, 11) is 2.96. The molecule has 9 nitrogen and oxygen atoms in total. The minimum absolute atomic E-state index is 0.0357. The summed E-state index contributed by atoms with van der Waals surface area (Å²) < 4.78 is 18.7. The monoisotopic (exact) mass is 502 g/mol. The zero-order chi connectivity index (χ0) is 24.9. The number of rotatable bonds is 4. The van der Waals surface area contributed by atoms with Gasteiger partial charge in [0.05, 0.1) is 12.5 Å². The van der Waals surface area contributed by atoms with Crippen LogP contribution in [0.5, 0.6) is 0 Å². The topological polar surface area (TPSA) is 85.4 Å². The lowest BCUT2D eigenvalue weighted by atomic mass is 9.97. The third kappa shape index (κ3) is 4.03. The Kier molecular flexibility index (Phi) is 6.16. The van der Waals surface area contributed by atoms with Crippen LogP contribution in [-0.4, -0.2) is 55.7 Å². The maximum absolute atomic E-state index is 14.8. The molecule has 0 spiro atoms. The summed E-state index contributed by atoms with van der Waals surface area (Å²) in [6.07, 6.45) is 3.62. The van der Waals surface area contributed by atoms with Crippen LogP contribution in [0, 0.1) is 11.7 Å². The van der Waals surface area contributed by atoms with Crippen LogP contribution < -0.4 is 16.1 Å². The maximum atomic E-state index is 14.8. The SMILES string of the molecule is Cn1c(=O)c2c(nc(N3CCCC(C(=O)N4CCCC4)C3)n2Cc2c(F)cccc2Cl)n(C)c1=O. The second-order valence-electron chi connectivity index (χ2n) is 9.39. The summed E-state index contributed by atoms with van der Waals surface area (Å²) in [6.45, 7) is 2.62. The van der Waals surface area contributed by atoms with Gasteiger partial charge in [-0.15, -0.1) is 0 Å². The summed E-state index contributed by atoms with van der Waals surface area (Å²) in [6, 6.07) is 4.44. The van der Waals surface area contributed by atoms with Gasteiger partial charge >= 0.3 is 5.69 Å². The minimum atomic E-state index is -0.518. The molecule has 2 aliphatic heterocycles. The van der Waals surface area contributed by atoms with Crippen molar-refractivity contribution in [2.45, 2.75) is 32.2 Å². The third-order valence-electron chi connectivity index (χ3n) is 7.18. The number of aromatic nitrogens is 4. The predicted octanol–water partition coefficient (Wildman–Crippen LogP) is 2.11. The first-order chi connectivity index (χ1) is 16.8. The Morgan fingerprint density at radius 1 is 1.11 bits per heavy atom. The normalized spacial score (nSPS) is 18.6. The molecule has 0 radical (unpaired) electrons. The molecule has 3 aromatic rings. The van der Waals surface area contributed by atoms with Crippen molar-refractivity contribution in [2.75, 3.05) is 31.1 Å². The van der Waals surface area contributed by atoms with Crippen molar-refractivity contribution in [3.05, 3.63) is 55.4 Å². The molecule has 0 N–H and O–H groups in total. The molecule has 2 aromatic heterocycles. The Labute approximate surface area is 206 Å². The van der Waals surface area contributed by atoms with Gasteiger partial charge in [0.15, 0.2) is 11.2 Å². The van der Waals surface area contributed by atoms with E-state index in [2.05, 4.69) is 0 Å². The van der Waals surface area contributed by atoms with Gasteiger partial charge in [-0.3, -0.25) is 23.3 Å². The van der Waals surface area contributed by atoms with E-state index in [0.717, 1.165) is 43.3 Å². The van der Waals surface area contributed by atoms with E-state index in [0.29, 0.717) is 19.0 Å². The number of benzene rings is 1. The second kappa shape index (κ2) is 9.14. The van der Waals surface area contributed by atoms with Crippen LogP contribution in [0.3, 0.4) is 0 Å². The molecule has 4 heterocycles. The summed E-state index contributed by atoms with van der Waals surface area (Å²) >= 11 is 6.32. The van der Waals surface area contributed by atoms with Gasteiger partial charge in [-0.05, 0) is 37.8 Å². The maximum Gasteiger partial charge on any atom is 0.332 e. The van der Waals surface area contributed by atoms with Crippen LogP contribution in [0.2, 0.25) is 5.02 Å². The molecule has 1 amide bonds. The lowest BCUT2D eigenvalue weighted by Crippen LogP contribution is -2.45. The molecule has 186 valence electrons. The van der Waals surface area contributed by atoms with Crippen LogP contribution >= 0.6 is 11.6 Å². The van der Waals surface area contributed by atoms with Crippen molar-refractivity contribution in [1.82, 2.24) is 23.6 Å². The van der Waals surface area contributed by atoms with E-state index in [9.17, 15) is 18.8 Å². The smallest absolute Gasteiger partial charge is 0.332 e. The number of halogens is 2. The molecule has 0 saturated carbocycles. The summed E-state index contributed by atoms with van der Waals surface area (Å²) in [5, 5.41) is 0.236. The number of likely N-dealkylation sites (tertiary alicyclic amines) is 1. The predicted molar refractivity (Wildman–Crippen MR) is 131 cm³/mol. The number of nitrogens with zero attached hydrogens (tertiary/aromatic N) is 6. The number of imidazole rings is 1. The quantitative estimate of drug-likeness (QED) is 0.545. The Morgan fingerprint density at radius 3 is 2.57 bits per heavy atom. The molecule has 2 fully saturated rings. The molecule has 0 aliphatic carbocycles. The molecule has 5 rings (SSSR count). The zero-order valence-corrected chi connectivity index (χ0v) is 20.6. The number of hydrogen-bond donors (Lipinski definition) is 0. The largest absolute Gasteiger partial charge is 0.342 e. The average Bonchev–Trinajstić information content (AvgIpc) is 3.52. The van der Waals surface area contributed by atoms with Gasteiger partial charge < -0.3 is 9.80 Å². The van der Waals surface area contributed by atoms with Crippen LogP contribution in [0.1, 0.15) is 31.2 Å². The summed E-state index contributed by atoms with van der Waals surface area (Å²) in [5.74, 6) is -0.0987. The number of hydrogen-bond acceptors (Lipinski definition) is 5. The van der Waals surface area contributed by atoms with E-state index < -0.39 is 17.1 Å². The van der Waals surface area contributed by atoms with Crippen LogP contribution in [-0.2, 0) is 25.4 Å². The van der Waals surface area contributed by atoms with Gasteiger partial charge in [-0.25, -0.2) is 9.18 Å². The zero-order valence-electron chi connectivity index (χ0n) is 19.8. The van der Waals surface area contributed by atoms with Gasteiger partial charge in [0.1, 0.15) is 5.82 Å². The number of fused-ring (bicyclic) bond motifs is 1. The summed E-state index contributed by atoms with van der Waals surface area (Å²) in [4.78, 5) is 47.5. The van der Waals surface area contributed by atoms with Crippen molar-refractivity contribution in [3.8, 4) is 0 Å². The number of carbonyl (C=O) groups is 1. The van der Waals surface area contributed by atoms with Gasteiger partial charge in [-0.2, -0.15) is 4.98 Å². The van der Waals surface area contributed by atoms with Gasteiger partial charge in [-0.1, -0.05) is 17.7 Å². The minimum Gasteiger partial charge on any atom is -0.342 e. The van der Waals surface area contributed by atoms with Gasteiger partial charge in [0, 0.05) is 50.9 Å². The first kappa shape index (κ1) is 23.6. The number of anilines is 1. The molecule has 1 unspecified atom stereocenters. The molecule has 1 atom stereocenters. The Morgan fingerprint density at radius 2 is 1.86 bits per heavy atom. The number of amides is 1. The van der Waals surface area contributed by atoms with Gasteiger partial charge in [0.25, 0.3) is 5.56 Å². The van der Waals surface area contributed by atoms with Crippen molar-refractivity contribution < 1.29 is 9.18 Å². The van der Waals surface area contributed by atoms with Gasteiger partial charge in [0.2, 0.25) is 11.9 Å². The first-order valence-corrected chi connectivity index (χ1v) is 12.3. The molecule has 0 bridgehead atoms. The lowest BCUT2D eigenvalue weighted by Gasteiger charge is -2.34. The Hall–Kier alpha value is -3.14. The fourth-order valence-electron chi connectivity index (χ4n) is 5.22. The molecule has 35 heavy (non-hydrogen) atoms. The molecular formula is C24H28ClFN6O3. The first-order valence-electron chi connectivity index (χ1n) is 11.9. The molecule has 2 saturated heterocycles. The third-order valence-corrected chi connectivity index (χ3v) is 7.53. The van der Waals surface area contributed by atoms with Crippen molar-refractivity contribution >= 4 is 34.6 Å². The van der Waals surface area contributed by atoms with Crippen molar-refractivity contribution in [3.63, 3.8) is 0 Å². The second-order valence-corrected chi connectivity index (χ2v) is 9.80. The van der Waals surface area contributed by atoms with Crippen LogP contribution in [0.15, 0.2) is 27.8 Å². The summed E-state index contributed by atoms with van der Waals surface area (Å²) in [5.41, 5.74) is -0.378. The van der Waals surface area contributed by atoms with E-state index in [4.69, 9.17) is 16.6 Å². The van der Waals surface area contributed by atoms with Crippen LogP contribution in [0.4, 0.5) is 10.3 Å². The molecule has 2 aliphatic rings. The van der Waals surface area contributed by atoms with E-state index in [-0.39, 0.29) is 40.1 Å². The lowest BCUT2D eigenvalue weighted by molar-refractivity contribution is -0.134. The standard InChI is InChI=1S/C24H28ClFN6O3/c1-28-20-19(22(34)29(2)24(28)35)32(14-16-17(25)8-5-9-18(16)26)23(27-20)31-12-6-7-15(13-31)21(33)30-10-3-4-11-30/h5,8-9,15H,3-4,6-7,10-14H2,1-2H3. The Bertz CT molecular complexity index is 1400. The van der Waals surface area contributed by atoms with Crippen molar-refractivity contribution in [1.29, 1.82) is 0 Å². The number of carbonyl (C=O) groups excluding carboxylic acids is 1. The van der Waals surface area contributed by atoms with E-state index in [1.165, 1.54) is 23.7 Å². The fourth-order valence-corrected chi connectivity index (χ4v) is 5.45. The average molecular weight is 503 g/mol. The van der Waals surface area contributed by atoms with Crippen LogP contribution in [0.25, 0.3) is 11.2 Å².